The predicted molar refractivity (Wildman–Crippen MR) is 144 cm³/mol. The number of hydrogen-bond acceptors (Lipinski definition) is 9. The van der Waals surface area contributed by atoms with Crippen molar-refractivity contribution in [2.75, 3.05) is 44.4 Å². The molecule has 10 heteroatoms. The number of aryl methyl sites for hydroxylation is 1. The summed E-state index contributed by atoms with van der Waals surface area (Å²) in [7, 11) is 5.97. The number of rotatable bonds is 5. The number of likely N-dealkylation sites (N-methyl/N-ethyl adjacent to an activating group) is 1. The minimum absolute atomic E-state index is 0.0934. The van der Waals surface area contributed by atoms with Crippen molar-refractivity contribution in [1.29, 1.82) is 0 Å². The number of fused-ring (bicyclic) bond motifs is 6. The Hall–Kier alpha value is -4.18. The molecule has 4 heterocycles. The van der Waals surface area contributed by atoms with Crippen LogP contribution in [0.2, 0.25) is 0 Å². The van der Waals surface area contributed by atoms with Crippen LogP contribution in [0.4, 0.5) is 17.3 Å². The van der Waals surface area contributed by atoms with E-state index >= 15 is 0 Å². The fourth-order valence-electron chi connectivity index (χ4n) is 4.08. The number of pyridine rings is 1. The van der Waals surface area contributed by atoms with Crippen LogP contribution in [-0.2, 0) is 7.05 Å². The number of ether oxygens (including phenoxy) is 2. The number of aromatic nitrogens is 5. The molecule has 2 N–H and O–H groups in total. The maximum Gasteiger partial charge on any atom is 0.222 e. The Morgan fingerprint density at radius 2 is 2.00 bits per heavy atom. The fourth-order valence-corrected chi connectivity index (χ4v) is 4.08. The smallest absolute Gasteiger partial charge is 0.222 e. The molecule has 0 radical (unpaired) electrons. The number of hydrogen-bond donors (Lipinski definition) is 2. The largest absolute Gasteiger partial charge is 0.490 e. The maximum absolute atomic E-state index is 6.45. The molecule has 0 fully saturated rings. The van der Waals surface area contributed by atoms with Gasteiger partial charge in [-0.1, -0.05) is 12.1 Å². The van der Waals surface area contributed by atoms with Gasteiger partial charge >= 0.3 is 0 Å². The Bertz CT molecular complexity index is 1370. The average molecular weight is 501 g/mol. The van der Waals surface area contributed by atoms with E-state index in [1.54, 1.807) is 23.1 Å². The Morgan fingerprint density at radius 1 is 1.11 bits per heavy atom. The topological polar surface area (TPSA) is 102 Å². The Balaban J connectivity index is 1.48. The highest BCUT2D eigenvalue weighted by molar-refractivity contribution is 5.75. The second-order valence-electron chi connectivity index (χ2n) is 9.32. The Kier molecular flexibility index (Phi) is 7.18. The molecule has 0 saturated carbocycles. The van der Waals surface area contributed by atoms with Gasteiger partial charge in [-0.3, -0.25) is 0 Å². The second-order valence-corrected chi connectivity index (χ2v) is 9.32. The lowest BCUT2D eigenvalue weighted by atomic mass is 10.1. The molecule has 4 aromatic rings. The van der Waals surface area contributed by atoms with Gasteiger partial charge in [-0.2, -0.15) is 5.10 Å². The molecular formula is C27H32N8O2. The molecule has 5 rings (SSSR count). The van der Waals surface area contributed by atoms with E-state index in [1.807, 2.05) is 32.3 Å². The molecule has 0 amide bonds. The summed E-state index contributed by atoms with van der Waals surface area (Å²) < 4.78 is 14.2. The molecule has 0 aliphatic carbocycles. The van der Waals surface area contributed by atoms with Gasteiger partial charge in [0.1, 0.15) is 22.9 Å². The van der Waals surface area contributed by atoms with Crippen LogP contribution in [0, 0.1) is 0 Å². The number of anilines is 3. The molecule has 1 aromatic carbocycles. The summed E-state index contributed by atoms with van der Waals surface area (Å²) in [5.41, 5.74) is 3.73. The van der Waals surface area contributed by atoms with Crippen molar-refractivity contribution >= 4 is 17.3 Å². The first-order chi connectivity index (χ1) is 18.0. The summed E-state index contributed by atoms with van der Waals surface area (Å²) in [6, 6.07) is 12.0. The third-order valence-electron chi connectivity index (χ3n) is 6.06. The summed E-state index contributed by atoms with van der Waals surface area (Å²) in [4.78, 5) is 15.9. The van der Waals surface area contributed by atoms with Crippen LogP contribution < -0.4 is 20.1 Å². The highest BCUT2D eigenvalue weighted by Gasteiger charge is 2.18. The number of benzene rings is 1. The van der Waals surface area contributed by atoms with E-state index in [4.69, 9.17) is 9.47 Å². The van der Waals surface area contributed by atoms with Crippen LogP contribution in [0.1, 0.15) is 13.3 Å². The third-order valence-corrected chi connectivity index (χ3v) is 6.06. The molecule has 1 aliphatic heterocycles. The Labute approximate surface area is 216 Å². The van der Waals surface area contributed by atoms with Gasteiger partial charge in [0.15, 0.2) is 5.82 Å². The lowest BCUT2D eigenvalue weighted by Gasteiger charge is -2.20. The van der Waals surface area contributed by atoms with Gasteiger partial charge in [-0.15, -0.1) is 0 Å². The van der Waals surface area contributed by atoms with Crippen molar-refractivity contribution in [3.63, 3.8) is 0 Å². The minimum Gasteiger partial charge on any atom is -0.490 e. The molecule has 1 atom stereocenters. The van der Waals surface area contributed by atoms with E-state index in [0.29, 0.717) is 36.4 Å². The lowest BCUT2D eigenvalue weighted by molar-refractivity contribution is 0.173. The van der Waals surface area contributed by atoms with E-state index < -0.39 is 0 Å². The summed E-state index contributed by atoms with van der Waals surface area (Å²) in [6.45, 7) is 4.31. The first-order valence-electron chi connectivity index (χ1n) is 12.4. The summed E-state index contributed by atoms with van der Waals surface area (Å²) in [5, 5.41) is 11.1. The fraction of sp³-hybridized carbons (Fsp3) is 0.333. The highest BCUT2D eigenvalue weighted by atomic mass is 16.5. The molecule has 0 unspecified atom stereocenters. The summed E-state index contributed by atoms with van der Waals surface area (Å²) in [6.07, 6.45) is 5.85. The van der Waals surface area contributed by atoms with Crippen molar-refractivity contribution in [1.82, 2.24) is 29.6 Å². The zero-order valence-electron chi connectivity index (χ0n) is 21.6. The Morgan fingerprint density at radius 3 is 2.86 bits per heavy atom. The molecule has 192 valence electrons. The van der Waals surface area contributed by atoms with Crippen LogP contribution in [0.5, 0.6) is 11.6 Å². The van der Waals surface area contributed by atoms with E-state index in [1.165, 1.54) is 0 Å². The molecule has 4 bridgehead atoms. The molecule has 1 aliphatic rings. The van der Waals surface area contributed by atoms with Crippen molar-refractivity contribution in [3.8, 4) is 34.1 Å². The normalized spacial score (nSPS) is 15.1. The highest BCUT2D eigenvalue weighted by Crippen LogP contribution is 2.35. The van der Waals surface area contributed by atoms with Gasteiger partial charge in [0.25, 0.3) is 0 Å². The SMILES string of the molecule is C[C@H]1CCOc2c(cnn2C)-c2nccc(n2)Nc2cc(c(-c3cccc(NCCN(C)C)c3)cn2)O1. The molecular weight excluding hydrogens is 468 g/mol. The van der Waals surface area contributed by atoms with Gasteiger partial charge in [-0.05, 0) is 44.8 Å². The predicted octanol–water partition coefficient (Wildman–Crippen LogP) is 4.21. The third kappa shape index (κ3) is 5.80. The maximum atomic E-state index is 6.45. The van der Waals surface area contributed by atoms with Crippen molar-refractivity contribution in [3.05, 3.63) is 55.0 Å². The zero-order chi connectivity index (χ0) is 25.8. The van der Waals surface area contributed by atoms with E-state index in [-0.39, 0.29) is 6.10 Å². The molecule has 3 aromatic heterocycles. The molecule has 10 nitrogen and oxygen atoms in total. The van der Waals surface area contributed by atoms with E-state index in [2.05, 4.69) is 67.9 Å². The van der Waals surface area contributed by atoms with Crippen LogP contribution >= 0.6 is 0 Å². The monoisotopic (exact) mass is 500 g/mol. The summed E-state index contributed by atoms with van der Waals surface area (Å²) in [5.74, 6) is 3.14. The quantitative estimate of drug-likeness (QED) is 0.417. The molecule has 0 spiro atoms. The van der Waals surface area contributed by atoms with Gasteiger partial charge in [0.05, 0.1) is 18.9 Å². The van der Waals surface area contributed by atoms with Gasteiger partial charge in [0.2, 0.25) is 5.88 Å². The van der Waals surface area contributed by atoms with Crippen molar-refractivity contribution < 1.29 is 9.47 Å². The average Bonchev–Trinajstić information content (AvgIpc) is 3.24. The first kappa shape index (κ1) is 24.5. The van der Waals surface area contributed by atoms with E-state index in [0.717, 1.165) is 41.2 Å². The first-order valence-corrected chi connectivity index (χ1v) is 12.4. The second kappa shape index (κ2) is 10.8. The van der Waals surface area contributed by atoms with Crippen LogP contribution in [-0.4, -0.2) is 69.5 Å². The van der Waals surface area contributed by atoms with Crippen LogP contribution in [0.25, 0.3) is 22.5 Å². The number of nitrogens with zero attached hydrogens (tertiary/aromatic N) is 6. The van der Waals surface area contributed by atoms with Gasteiger partial charge < -0.3 is 25.0 Å². The minimum atomic E-state index is -0.0934. The van der Waals surface area contributed by atoms with Crippen LogP contribution in [0.3, 0.4) is 0 Å². The summed E-state index contributed by atoms with van der Waals surface area (Å²) >= 11 is 0. The standard InChI is InChI=1S/C27H32N8O2/c1-18-9-13-36-27-22(17-31-35(27)4)26-29-10-8-24(33-26)32-25-15-23(37-18)21(16-30-25)19-6-5-7-20(14-19)28-11-12-34(2)3/h5-8,10,14-18,28H,9,11-13H2,1-4H3,(H,29,30,32,33)/t18-/m0/s1. The lowest BCUT2D eigenvalue weighted by Crippen LogP contribution is -2.20. The van der Waals surface area contributed by atoms with E-state index in [9.17, 15) is 0 Å². The van der Waals surface area contributed by atoms with Crippen molar-refractivity contribution in [2.45, 2.75) is 19.4 Å². The van der Waals surface area contributed by atoms with Gasteiger partial charge in [-0.25, -0.2) is 19.6 Å². The molecule has 0 saturated heterocycles. The molecule has 37 heavy (non-hydrogen) atoms. The van der Waals surface area contributed by atoms with Gasteiger partial charge in [0, 0.05) is 56.3 Å². The van der Waals surface area contributed by atoms with Crippen LogP contribution in [0.15, 0.2) is 55.0 Å². The zero-order valence-corrected chi connectivity index (χ0v) is 21.6. The van der Waals surface area contributed by atoms with Crippen molar-refractivity contribution in [2.24, 2.45) is 7.05 Å². The number of nitrogens with one attached hydrogen (secondary N) is 2.